The second-order valence-electron chi connectivity index (χ2n) is 34.2. The van der Waals surface area contributed by atoms with Gasteiger partial charge in [-0.15, -0.1) is 82.7 Å². The van der Waals surface area contributed by atoms with Gasteiger partial charge in [0.05, 0.1) is 65.5 Å². The Kier molecular flexibility index (Phi) is 27.8. The first-order chi connectivity index (χ1) is 59.5. The second kappa shape index (κ2) is 37.9. The van der Waals surface area contributed by atoms with Crippen molar-refractivity contribution in [3.63, 3.8) is 0 Å². The van der Waals surface area contributed by atoms with Crippen LogP contribution in [0.5, 0.6) is 0 Å². The first-order valence-corrected chi connectivity index (χ1v) is 43.3. The molecule has 128 heavy (non-hydrogen) atoms. The van der Waals surface area contributed by atoms with Crippen LogP contribution in [-0.2, 0) is 203 Å². The molecule has 0 bridgehead atoms. The quantitative estimate of drug-likeness (QED) is 0.158. The number of rotatable bonds is 3. The van der Waals surface area contributed by atoms with Crippen molar-refractivity contribution in [1.82, 2.24) is 29.2 Å². The summed E-state index contributed by atoms with van der Waals surface area (Å²) in [5.41, 5.74) is 29.1. The van der Waals surface area contributed by atoms with E-state index in [-0.39, 0.29) is 202 Å². The van der Waals surface area contributed by atoms with Crippen molar-refractivity contribution >= 4 is 88.2 Å². The van der Waals surface area contributed by atoms with E-state index in [0.29, 0.717) is 30.8 Å². The second-order valence-corrected chi connectivity index (χ2v) is 35.2. The Morgan fingerprint density at radius 3 is 1.57 bits per heavy atom. The van der Waals surface area contributed by atoms with Gasteiger partial charge in [0.2, 0.25) is 0 Å². The van der Waals surface area contributed by atoms with Gasteiger partial charge in [-0.05, 0) is 67.7 Å². The number of likely N-dealkylation sites (N-methyl/N-ethyl adjacent to an activating group) is 6. The number of hydrogen-bond acceptors (Lipinski definition) is 14. The Bertz CT molecular complexity index is 6370. The molecule has 0 fully saturated rings. The van der Waals surface area contributed by atoms with Gasteiger partial charge in [-0.3, -0.25) is 9.69 Å². The Morgan fingerprint density at radius 1 is 0.336 bits per heavy atom. The largest absolute Gasteiger partial charge is 0.511 e. The molecule has 0 saturated carbocycles. The number of para-hydroxylation sites is 3. The van der Waals surface area contributed by atoms with E-state index < -0.39 is 0 Å². The first-order valence-electron chi connectivity index (χ1n) is 42.5. The summed E-state index contributed by atoms with van der Waals surface area (Å²) in [6.07, 6.45) is 24.7. The topological polar surface area (TPSA) is 57.0 Å². The maximum atomic E-state index is 5.97. The van der Waals surface area contributed by atoms with Crippen LogP contribution in [-0.4, -0.2) is 108 Å². The first kappa shape index (κ1) is 93.8. The van der Waals surface area contributed by atoms with Gasteiger partial charge in [-0.25, -0.2) is 0 Å². The van der Waals surface area contributed by atoms with Gasteiger partial charge >= 0.3 is 0 Å². The molecule has 626 valence electrons. The Balaban J connectivity index is 0.000000113. The fourth-order valence-electron chi connectivity index (χ4n) is 21.5. The Hall–Kier alpha value is -7.40. The van der Waals surface area contributed by atoms with Crippen molar-refractivity contribution in [2.45, 2.75) is 85.0 Å². The normalized spacial score (nSPS) is 19.0. The predicted molar refractivity (Wildman–Crippen MR) is 504 cm³/mol. The molecule has 1 aliphatic carbocycles. The summed E-state index contributed by atoms with van der Waals surface area (Å²) in [6, 6.07) is 93.3. The third kappa shape index (κ3) is 15.5. The van der Waals surface area contributed by atoms with Crippen molar-refractivity contribution < 1.29 is 201 Å². The molecule has 0 N–H and O–H groups in total. The molecular formula is C107H97N13OSY6-6. The predicted octanol–water partition coefficient (Wildman–Crippen LogP) is 23.0. The van der Waals surface area contributed by atoms with Crippen LogP contribution in [0.4, 0.5) is 39.3 Å². The summed E-state index contributed by atoms with van der Waals surface area (Å²) in [4.78, 5) is 25.6. The smallest absolute Gasteiger partial charge is 0.0936 e. The number of aromatic nitrogens is 1. The summed E-state index contributed by atoms with van der Waals surface area (Å²) in [7, 11) is 12.9. The van der Waals surface area contributed by atoms with Crippen LogP contribution in [0.2, 0.25) is 0 Å². The average molecular weight is 2150 g/mol. The molecule has 6 unspecified atom stereocenters. The Labute approximate surface area is 909 Å². The third-order valence-electron chi connectivity index (χ3n) is 27.2. The molecule has 6 radical (unpaired) electrons. The van der Waals surface area contributed by atoms with E-state index in [9.17, 15) is 0 Å². The van der Waals surface area contributed by atoms with Crippen molar-refractivity contribution in [3.8, 4) is 33.4 Å². The summed E-state index contributed by atoms with van der Waals surface area (Å²) < 4.78 is 9.63. The molecule has 21 heteroatoms. The van der Waals surface area contributed by atoms with Crippen molar-refractivity contribution in [1.29, 1.82) is 0 Å². The zero-order chi connectivity index (χ0) is 82.8. The number of anilines is 7. The standard InChI is InChI=1S/C24H21N2.C22H19N2.C19H17N2.C14H14N3.C14H13N2O.C14H13N2S.6Y/c1-17-21-14-13-20(18-9-5-3-6-10-18)15-22(21)26-16-23(25(2)24(17)26)19-11-7-4-8-12-19;1-15-18-14-17(16-8-4-3-5-9-16)12-13-19(18)24-21-11-7-6-10-20(21)23(2)22(15)24;1-12-16-11-17-14(9-13-5-3-4-6-15(13)17)10-18(16)21-8-7-20(2)19(12)21;1-10-13-12-6-4-3-5-11(12)9-17(13)16-8-7-15(2)14(10)16;2*1-9-12-10-5-3-4-6-11(10)17-14(12)16-8-7-15(2)13(9)16;;;;;;/h3-16,24H,1-2H3;3-14,22H,1-2H3;3-8,10-11,19H,9H2,1-2H3;3-9,14H,1-2H3;2*3-8,13H,1-2H3;;;;;;/q6*-1;;;;;;. The summed E-state index contributed by atoms with van der Waals surface area (Å²) >= 11 is 1.90. The molecule has 13 aliphatic rings. The van der Waals surface area contributed by atoms with Crippen LogP contribution < -0.4 is 34.4 Å². The molecule has 0 spiro atoms. The molecule has 14 aromatic rings. The van der Waals surface area contributed by atoms with E-state index in [4.69, 9.17) is 4.42 Å². The molecule has 3 aromatic heterocycles. The fraction of sp³-hybridized carbons (Fsp3) is 0.178. The zero-order valence-electron chi connectivity index (χ0n) is 74.4. The van der Waals surface area contributed by atoms with Crippen LogP contribution in [0.3, 0.4) is 0 Å². The van der Waals surface area contributed by atoms with E-state index in [1.165, 1.54) is 184 Å². The summed E-state index contributed by atoms with van der Waals surface area (Å²) in [5.74, 6) is 9.49. The monoisotopic (exact) mass is 2150 g/mol. The number of benzene rings is 11. The van der Waals surface area contributed by atoms with Gasteiger partial charge < -0.3 is 58.3 Å². The molecule has 0 amide bonds. The molecule has 0 saturated heterocycles. The van der Waals surface area contributed by atoms with E-state index in [1.54, 1.807) is 0 Å². The van der Waals surface area contributed by atoms with E-state index in [2.05, 4.69) is 458 Å². The van der Waals surface area contributed by atoms with Gasteiger partial charge in [-0.2, -0.15) is 52.1 Å². The third-order valence-corrected chi connectivity index (χ3v) is 28.4. The van der Waals surface area contributed by atoms with Crippen LogP contribution >= 0.6 is 11.3 Å². The maximum absolute atomic E-state index is 5.97. The molecule has 12 aliphatic heterocycles. The van der Waals surface area contributed by atoms with E-state index >= 15 is 0 Å². The minimum Gasteiger partial charge on any atom is -0.511 e. The van der Waals surface area contributed by atoms with Crippen LogP contribution in [0.25, 0.3) is 70.9 Å². The molecule has 15 heterocycles. The van der Waals surface area contributed by atoms with Crippen LogP contribution in [0.1, 0.15) is 91.7 Å². The van der Waals surface area contributed by atoms with Gasteiger partial charge in [0.1, 0.15) is 0 Å². The average Bonchev–Trinajstić information content (AvgIpc) is 1.58. The molecule has 27 rings (SSSR count). The van der Waals surface area contributed by atoms with Gasteiger partial charge in [0.25, 0.3) is 0 Å². The number of furan rings is 1. The number of fused-ring (bicyclic) bond motifs is 29. The van der Waals surface area contributed by atoms with E-state index in [0.717, 1.165) is 17.9 Å². The van der Waals surface area contributed by atoms with Gasteiger partial charge in [0.15, 0.2) is 0 Å². The number of nitrogens with zero attached hydrogens (tertiary/aromatic N) is 13. The fourth-order valence-corrected chi connectivity index (χ4v) is 22.7. The number of thiophene rings is 1. The van der Waals surface area contributed by atoms with Crippen molar-refractivity contribution in [2.24, 2.45) is 0 Å². The summed E-state index contributed by atoms with van der Waals surface area (Å²) in [6.45, 7) is 13.5. The zero-order valence-corrected chi connectivity index (χ0v) is 92.2. The molecule has 11 aromatic carbocycles. The van der Waals surface area contributed by atoms with Gasteiger partial charge in [-0.1, -0.05) is 285 Å². The Morgan fingerprint density at radius 2 is 0.859 bits per heavy atom. The van der Waals surface area contributed by atoms with Crippen LogP contribution in [0, 0.1) is 35.5 Å². The molecule has 6 atom stereocenters. The SMILES string of the molecule is C[C-]1c2c(oc3ccccc23)N2C=CN(C)C12.C[C-]1c2c(sc3ccccc23)N2C=CN(C)C12.C[C-]1c2c3ccccc3cn2N2C=CN(C)C12.C[C-]1c2cc(-c3ccccc3)ccc2N2c3ccccc3N(C)C12.C[C-]1c2cc3c(cc2N2C=CN(C)C12)Cc1ccccc1-3.C[C-]1c2ccc(-c3ccccc3)cc2N2C=C(c3ccccc3)N(C)C12.[Y].[Y].[Y].[Y].[Y].[Y]. The number of hydrogen-bond donors (Lipinski definition) is 0. The van der Waals surface area contributed by atoms with E-state index in [1.807, 2.05) is 23.5 Å². The molecular weight excluding hydrogens is 2050 g/mol. The minimum absolute atomic E-state index is 0. The molecule has 14 nitrogen and oxygen atoms in total. The van der Waals surface area contributed by atoms with Crippen molar-refractivity contribution in [2.75, 3.05) is 76.7 Å². The summed E-state index contributed by atoms with van der Waals surface area (Å²) in [5, 5.41) is 8.96. The van der Waals surface area contributed by atoms with Crippen LogP contribution in [0.15, 0.2) is 327 Å². The van der Waals surface area contributed by atoms with Gasteiger partial charge in [0, 0.05) is 301 Å². The van der Waals surface area contributed by atoms with Crippen molar-refractivity contribution in [3.05, 3.63) is 409 Å². The maximum Gasteiger partial charge on any atom is 0.0936 e. The minimum atomic E-state index is 0.